The number of ketones is 1. The molecule has 0 spiro atoms. The van der Waals surface area contributed by atoms with Gasteiger partial charge in [-0.15, -0.1) is 0 Å². The molecule has 1 heterocycles. The van der Waals surface area contributed by atoms with E-state index in [1.165, 1.54) is 30.3 Å². The maximum atomic E-state index is 13.1. The monoisotopic (exact) mass is 480 g/mol. The summed E-state index contributed by atoms with van der Waals surface area (Å²) in [6.07, 6.45) is 0. The summed E-state index contributed by atoms with van der Waals surface area (Å²) in [4.78, 5) is 38.3. The van der Waals surface area contributed by atoms with E-state index in [2.05, 4.69) is 5.32 Å². The molecule has 0 atom stereocenters. The fourth-order valence-electron chi connectivity index (χ4n) is 4.50. The molecule has 4 aromatic rings. The number of nitrogens with one attached hydrogen (secondary N) is 1. The van der Waals surface area contributed by atoms with Crippen molar-refractivity contribution >= 4 is 39.0 Å². The number of para-hydroxylation sites is 1. The number of hydrogen-bond donors (Lipinski definition) is 1. The number of fused-ring (bicyclic) bond motifs is 4. The number of anilines is 2. The predicted molar refractivity (Wildman–Crippen MR) is 130 cm³/mol. The highest BCUT2D eigenvalue weighted by atomic mass is 32.2. The SMILES string of the molecule is O=C(Nc1ccc2c(c1)C(=O)c1ccccc1-2)c1ccc2c(c1)S(=O)(=O)N(c1ccccc1)C2=O. The Labute approximate surface area is 200 Å². The van der Waals surface area contributed by atoms with Crippen molar-refractivity contribution < 1.29 is 22.8 Å². The first-order chi connectivity index (χ1) is 16.9. The van der Waals surface area contributed by atoms with Crippen molar-refractivity contribution in [2.24, 2.45) is 0 Å². The molecule has 4 aromatic carbocycles. The van der Waals surface area contributed by atoms with Crippen molar-refractivity contribution in [1.29, 1.82) is 0 Å². The summed E-state index contributed by atoms with van der Waals surface area (Å²) in [6, 6.07) is 24.4. The predicted octanol–water partition coefficient (Wildman–Crippen LogP) is 4.50. The molecule has 6 rings (SSSR count). The number of hydrogen-bond acceptors (Lipinski definition) is 5. The summed E-state index contributed by atoms with van der Waals surface area (Å²) >= 11 is 0. The van der Waals surface area contributed by atoms with Gasteiger partial charge < -0.3 is 5.32 Å². The minimum Gasteiger partial charge on any atom is -0.322 e. The van der Waals surface area contributed by atoms with Crippen LogP contribution in [0.5, 0.6) is 0 Å². The van der Waals surface area contributed by atoms with Crippen molar-refractivity contribution in [3.05, 3.63) is 113 Å². The number of carbonyl (C=O) groups excluding carboxylic acids is 3. The van der Waals surface area contributed by atoms with Crippen LogP contribution in [0.4, 0.5) is 11.4 Å². The molecule has 8 heteroatoms. The van der Waals surface area contributed by atoms with Crippen LogP contribution in [-0.2, 0) is 10.0 Å². The molecule has 0 fully saturated rings. The molecule has 0 saturated carbocycles. The Kier molecular flexibility index (Phi) is 4.49. The number of sulfonamides is 1. The second-order valence-electron chi connectivity index (χ2n) is 8.21. The zero-order valence-corrected chi connectivity index (χ0v) is 18.9. The molecule has 2 aliphatic rings. The first-order valence-electron chi connectivity index (χ1n) is 10.7. The molecule has 170 valence electrons. The lowest BCUT2D eigenvalue weighted by Gasteiger charge is -2.14. The number of amides is 2. The smallest absolute Gasteiger partial charge is 0.273 e. The summed E-state index contributed by atoms with van der Waals surface area (Å²) in [7, 11) is -4.16. The van der Waals surface area contributed by atoms with Crippen LogP contribution in [0, 0.1) is 0 Å². The van der Waals surface area contributed by atoms with Crippen LogP contribution in [0.15, 0.2) is 95.9 Å². The van der Waals surface area contributed by atoms with Crippen molar-refractivity contribution in [3.8, 4) is 11.1 Å². The van der Waals surface area contributed by atoms with Gasteiger partial charge in [-0.2, -0.15) is 4.31 Å². The van der Waals surface area contributed by atoms with Crippen molar-refractivity contribution in [1.82, 2.24) is 0 Å². The zero-order chi connectivity index (χ0) is 24.3. The standard InChI is InChI=1S/C27H16N2O5S/c30-25-21-9-5-4-8-19(21)20-13-11-17(15-23(20)25)28-26(31)16-10-12-22-24(14-16)35(33,34)29(27(22)32)18-6-2-1-3-7-18/h1-15H,(H,28,31). The Morgan fingerprint density at radius 1 is 0.686 bits per heavy atom. The number of rotatable bonds is 3. The van der Waals surface area contributed by atoms with Gasteiger partial charge in [0.15, 0.2) is 5.78 Å². The number of nitrogens with zero attached hydrogens (tertiary/aromatic N) is 1. The highest BCUT2D eigenvalue weighted by Crippen LogP contribution is 2.38. The van der Waals surface area contributed by atoms with Gasteiger partial charge in [0, 0.05) is 22.4 Å². The molecular weight excluding hydrogens is 464 g/mol. The summed E-state index contributed by atoms with van der Waals surface area (Å²) in [5.41, 5.74) is 3.46. The quantitative estimate of drug-likeness (QED) is 0.410. The van der Waals surface area contributed by atoms with Gasteiger partial charge in [-0.25, -0.2) is 8.42 Å². The largest absolute Gasteiger partial charge is 0.322 e. The lowest BCUT2D eigenvalue weighted by atomic mass is 10.1. The Hall–Kier alpha value is -4.56. The molecule has 0 bridgehead atoms. The van der Waals surface area contributed by atoms with Gasteiger partial charge in [0.2, 0.25) is 0 Å². The summed E-state index contributed by atoms with van der Waals surface area (Å²) in [5.74, 6) is -1.35. The lowest BCUT2D eigenvalue weighted by Crippen LogP contribution is -2.29. The van der Waals surface area contributed by atoms with Gasteiger partial charge in [-0.05, 0) is 53.6 Å². The number of carbonyl (C=O) groups is 3. The van der Waals surface area contributed by atoms with Crippen LogP contribution in [0.2, 0.25) is 0 Å². The van der Waals surface area contributed by atoms with Crippen LogP contribution >= 0.6 is 0 Å². The van der Waals surface area contributed by atoms with Crippen LogP contribution in [-0.4, -0.2) is 26.0 Å². The molecule has 0 saturated heterocycles. The van der Waals surface area contributed by atoms with Gasteiger partial charge >= 0.3 is 0 Å². The topological polar surface area (TPSA) is 101 Å². The normalized spacial score (nSPS) is 14.9. The van der Waals surface area contributed by atoms with Gasteiger partial charge in [0.1, 0.15) is 4.90 Å². The van der Waals surface area contributed by atoms with Gasteiger partial charge in [-0.3, -0.25) is 14.4 Å². The molecule has 0 radical (unpaired) electrons. The minimum absolute atomic E-state index is 0.00583. The fourth-order valence-corrected chi connectivity index (χ4v) is 6.12. The van der Waals surface area contributed by atoms with Gasteiger partial charge in [-0.1, -0.05) is 48.5 Å². The van der Waals surface area contributed by atoms with Gasteiger partial charge in [0.05, 0.1) is 11.3 Å². The van der Waals surface area contributed by atoms with E-state index < -0.39 is 21.8 Å². The van der Waals surface area contributed by atoms with E-state index in [-0.39, 0.29) is 27.5 Å². The highest BCUT2D eigenvalue weighted by Gasteiger charge is 2.42. The summed E-state index contributed by atoms with van der Waals surface area (Å²) in [5, 5.41) is 2.72. The average molecular weight is 481 g/mol. The van der Waals surface area contributed by atoms with Crippen LogP contribution in [0.3, 0.4) is 0 Å². The summed E-state index contributed by atoms with van der Waals surface area (Å²) in [6.45, 7) is 0. The molecule has 2 amide bonds. The first kappa shape index (κ1) is 21.0. The molecule has 1 aliphatic carbocycles. The zero-order valence-electron chi connectivity index (χ0n) is 18.1. The summed E-state index contributed by atoms with van der Waals surface area (Å²) < 4.78 is 27.0. The second-order valence-corrected chi connectivity index (χ2v) is 9.97. The van der Waals surface area contributed by atoms with Crippen LogP contribution < -0.4 is 9.62 Å². The molecule has 1 N–H and O–H groups in total. The second kappa shape index (κ2) is 7.48. The third-order valence-electron chi connectivity index (χ3n) is 6.15. The van der Waals surface area contributed by atoms with E-state index in [4.69, 9.17) is 0 Å². The molecule has 7 nitrogen and oxygen atoms in total. The Balaban J connectivity index is 1.31. The van der Waals surface area contributed by atoms with E-state index in [9.17, 15) is 22.8 Å². The Bertz CT molecular complexity index is 1690. The maximum Gasteiger partial charge on any atom is 0.273 e. The molecule has 0 unspecified atom stereocenters. The third-order valence-corrected chi connectivity index (χ3v) is 7.90. The fraction of sp³-hybridized carbons (Fsp3) is 0. The van der Waals surface area contributed by atoms with E-state index >= 15 is 0 Å². The van der Waals surface area contributed by atoms with Crippen LogP contribution in [0.25, 0.3) is 11.1 Å². The average Bonchev–Trinajstić information content (AvgIpc) is 3.26. The molecule has 1 aliphatic heterocycles. The lowest BCUT2D eigenvalue weighted by molar-refractivity contribution is 0.100. The Morgan fingerprint density at radius 3 is 2.11 bits per heavy atom. The van der Waals surface area contributed by atoms with E-state index in [0.29, 0.717) is 16.8 Å². The molecule has 0 aromatic heterocycles. The Morgan fingerprint density at radius 2 is 1.34 bits per heavy atom. The number of benzene rings is 4. The van der Waals surface area contributed by atoms with Crippen molar-refractivity contribution in [2.75, 3.05) is 9.62 Å². The highest BCUT2D eigenvalue weighted by molar-refractivity contribution is 7.94. The molecule has 35 heavy (non-hydrogen) atoms. The van der Waals surface area contributed by atoms with Crippen LogP contribution in [0.1, 0.15) is 36.6 Å². The third kappa shape index (κ3) is 3.11. The van der Waals surface area contributed by atoms with E-state index in [0.717, 1.165) is 15.4 Å². The van der Waals surface area contributed by atoms with E-state index in [1.54, 1.807) is 48.5 Å². The minimum atomic E-state index is -4.16. The van der Waals surface area contributed by atoms with Crippen molar-refractivity contribution in [3.63, 3.8) is 0 Å². The maximum absolute atomic E-state index is 13.1. The first-order valence-corrected chi connectivity index (χ1v) is 12.2. The van der Waals surface area contributed by atoms with Crippen molar-refractivity contribution in [2.45, 2.75) is 4.90 Å². The molecular formula is C27H16N2O5S. The van der Waals surface area contributed by atoms with E-state index in [1.807, 2.05) is 12.1 Å². The van der Waals surface area contributed by atoms with Gasteiger partial charge in [0.25, 0.3) is 21.8 Å².